The predicted molar refractivity (Wildman–Crippen MR) is 163 cm³/mol. The third-order valence-corrected chi connectivity index (χ3v) is 6.28. The van der Waals surface area contributed by atoms with Crippen LogP contribution in [0.2, 0.25) is 0 Å². The Labute approximate surface area is 239 Å². The van der Waals surface area contributed by atoms with Gasteiger partial charge in [0.05, 0.1) is 12.2 Å². The molecule has 0 aliphatic carbocycles. The molecule has 0 unspecified atom stereocenters. The number of anilines is 2. The summed E-state index contributed by atoms with van der Waals surface area (Å²) in [6.45, 7) is 18.6. The summed E-state index contributed by atoms with van der Waals surface area (Å²) in [5.74, 6) is -2.35. The molecule has 0 spiro atoms. The lowest BCUT2D eigenvalue weighted by Crippen LogP contribution is -2.25. The van der Waals surface area contributed by atoms with Crippen LogP contribution in [0.25, 0.3) is 12.2 Å². The highest BCUT2D eigenvalue weighted by Gasteiger charge is 2.29. The molecule has 0 N–H and O–H groups in total. The summed E-state index contributed by atoms with van der Waals surface area (Å²) in [6, 6.07) is 15.1. The van der Waals surface area contributed by atoms with Crippen LogP contribution >= 0.6 is 0 Å². The van der Waals surface area contributed by atoms with Crippen molar-refractivity contribution in [2.24, 2.45) is 0 Å². The van der Waals surface area contributed by atoms with Crippen LogP contribution in [0.5, 0.6) is 0 Å². The predicted octanol–water partition coefficient (Wildman–Crippen LogP) is 6.32. The number of benzene rings is 2. The van der Waals surface area contributed by atoms with E-state index >= 15 is 0 Å². The normalized spacial score (nSPS) is 11.9. The molecule has 0 heterocycles. The number of esters is 2. The minimum atomic E-state index is -0.798. The minimum Gasteiger partial charge on any atom is -0.459 e. The summed E-state index contributed by atoms with van der Waals surface area (Å²) in [5.41, 5.74) is 2.87. The smallest absolute Gasteiger partial charge is 0.342 e. The standard InChI is InChI=1S/C33H44N2O5/c1-9-34(10-2)27-17-13-25(14-18-27)21-29(32(37)39-23(5)6)31(36)30(33(38)40-24(7)8)22-26-15-19-28(20-16-26)35(11-3)12-4/h13-24H,9-12H2,1-8H3. The molecule has 0 saturated carbocycles. The van der Waals surface area contributed by atoms with Crippen molar-refractivity contribution in [1.82, 2.24) is 0 Å². The highest BCUT2D eigenvalue weighted by Crippen LogP contribution is 2.22. The van der Waals surface area contributed by atoms with Gasteiger partial charge < -0.3 is 19.3 Å². The second-order valence-corrected chi connectivity index (χ2v) is 9.88. The molecule has 2 aromatic rings. The first kappa shape index (κ1) is 32.3. The number of ketones is 1. The SMILES string of the molecule is CCN(CC)c1ccc(C=C(C(=O)OC(C)C)C(=O)C(=Cc2ccc(N(CC)CC)cc2)C(=O)OC(C)C)cc1. The third-order valence-electron chi connectivity index (χ3n) is 6.28. The van der Waals surface area contributed by atoms with Crippen molar-refractivity contribution >= 4 is 41.2 Å². The molecule has 0 aliphatic rings. The van der Waals surface area contributed by atoms with Crippen molar-refractivity contribution in [1.29, 1.82) is 0 Å². The maximum absolute atomic E-state index is 13.9. The van der Waals surface area contributed by atoms with E-state index in [0.29, 0.717) is 11.1 Å². The molecule has 0 saturated heterocycles. The molecule has 7 heteroatoms. The molecular formula is C33H44N2O5. The molecule has 0 radical (unpaired) electrons. The number of carbonyl (C=O) groups excluding carboxylic acids is 3. The largest absolute Gasteiger partial charge is 0.459 e. The quantitative estimate of drug-likeness (QED) is 0.118. The van der Waals surface area contributed by atoms with Crippen LogP contribution in [-0.2, 0) is 23.9 Å². The van der Waals surface area contributed by atoms with Gasteiger partial charge in [-0.25, -0.2) is 9.59 Å². The Kier molecular flexibility index (Phi) is 12.7. The molecule has 0 aromatic heterocycles. The third kappa shape index (κ3) is 9.11. The molecule has 0 aliphatic heterocycles. The fourth-order valence-corrected chi connectivity index (χ4v) is 4.21. The highest BCUT2D eigenvalue weighted by molar-refractivity contribution is 6.36. The van der Waals surface area contributed by atoms with Crippen LogP contribution < -0.4 is 9.80 Å². The second kappa shape index (κ2) is 15.7. The second-order valence-electron chi connectivity index (χ2n) is 9.88. The summed E-state index contributed by atoms with van der Waals surface area (Å²) in [5, 5.41) is 0. The number of rotatable bonds is 14. The molecule has 40 heavy (non-hydrogen) atoms. The van der Waals surface area contributed by atoms with Crippen molar-refractivity contribution in [2.75, 3.05) is 36.0 Å². The molecule has 0 fully saturated rings. The molecule has 2 aromatic carbocycles. The van der Waals surface area contributed by atoms with Gasteiger partial charge in [0.1, 0.15) is 11.1 Å². The average Bonchev–Trinajstić information content (AvgIpc) is 2.92. The molecule has 216 valence electrons. The van der Waals surface area contributed by atoms with Gasteiger partial charge >= 0.3 is 11.9 Å². The summed E-state index contributed by atoms with van der Waals surface area (Å²) in [6.07, 6.45) is 2.05. The molecular weight excluding hydrogens is 504 g/mol. The summed E-state index contributed by atoms with van der Waals surface area (Å²) in [7, 11) is 0. The molecule has 0 bridgehead atoms. The van der Waals surface area contributed by atoms with Gasteiger partial charge in [-0.15, -0.1) is 0 Å². The van der Waals surface area contributed by atoms with Crippen molar-refractivity contribution in [3.63, 3.8) is 0 Å². The zero-order valence-corrected chi connectivity index (χ0v) is 25.2. The number of nitrogens with zero attached hydrogens (tertiary/aromatic N) is 2. The average molecular weight is 549 g/mol. The molecule has 7 nitrogen and oxygen atoms in total. The summed E-state index contributed by atoms with van der Waals surface area (Å²) in [4.78, 5) is 44.6. The molecule has 2 rings (SSSR count). The van der Waals surface area contributed by atoms with Crippen LogP contribution in [0.4, 0.5) is 11.4 Å². The van der Waals surface area contributed by atoms with E-state index in [2.05, 4.69) is 37.5 Å². The van der Waals surface area contributed by atoms with Crippen molar-refractivity contribution in [2.45, 2.75) is 67.6 Å². The Bertz CT molecular complexity index is 1090. The van der Waals surface area contributed by atoms with E-state index in [1.165, 1.54) is 12.2 Å². The zero-order valence-electron chi connectivity index (χ0n) is 25.2. The number of carbonyl (C=O) groups is 3. The van der Waals surface area contributed by atoms with E-state index in [-0.39, 0.29) is 11.1 Å². The maximum atomic E-state index is 13.9. The highest BCUT2D eigenvalue weighted by atomic mass is 16.5. The Morgan fingerprint density at radius 2 is 0.900 bits per heavy atom. The topological polar surface area (TPSA) is 76.2 Å². The Hall–Kier alpha value is -3.87. The lowest BCUT2D eigenvalue weighted by Gasteiger charge is -2.21. The van der Waals surface area contributed by atoms with Gasteiger partial charge in [0.15, 0.2) is 0 Å². The van der Waals surface area contributed by atoms with E-state index in [1.54, 1.807) is 27.7 Å². The van der Waals surface area contributed by atoms with Crippen LogP contribution in [-0.4, -0.2) is 56.1 Å². The first-order valence-corrected chi connectivity index (χ1v) is 14.1. The Morgan fingerprint density at radius 1 is 0.600 bits per heavy atom. The fraction of sp³-hybridized carbons (Fsp3) is 0.424. The van der Waals surface area contributed by atoms with E-state index in [0.717, 1.165) is 37.6 Å². The number of Topliss-reactive ketones (excluding diaryl/α,β-unsaturated/α-hetero) is 1. The molecule has 0 amide bonds. The van der Waals surface area contributed by atoms with Crippen molar-refractivity contribution in [3.05, 3.63) is 70.8 Å². The first-order valence-electron chi connectivity index (χ1n) is 14.1. The van der Waals surface area contributed by atoms with Gasteiger partial charge in [-0.1, -0.05) is 24.3 Å². The van der Waals surface area contributed by atoms with E-state index in [9.17, 15) is 14.4 Å². The van der Waals surface area contributed by atoms with E-state index in [1.807, 2.05) is 48.5 Å². The first-order chi connectivity index (χ1) is 19.0. The lowest BCUT2D eigenvalue weighted by molar-refractivity contribution is -0.144. The van der Waals surface area contributed by atoms with Gasteiger partial charge in [0.2, 0.25) is 5.78 Å². The molecule has 0 atom stereocenters. The van der Waals surface area contributed by atoms with Gasteiger partial charge in [-0.3, -0.25) is 4.79 Å². The number of ether oxygens (including phenoxy) is 2. The van der Waals surface area contributed by atoms with E-state index < -0.39 is 29.9 Å². The van der Waals surface area contributed by atoms with E-state index in [4.69, 9.17) is 9.47 Å². The van der Waals surface area contributed by atoms with Gasteiger partial charge in [0.25, 0.3) is 0 Å². The number of hydrogen-bond donors (Lipinski definition) is 0. The van der Waals surface area contributed by atoms with Gasteiger partial charge in [0, 0.05) is 37.6 Å². The zero-order chi connectivity index (χ0) is 29.8. The summed E-state index contributed by atoms with van der Waals surface area (Å²) >= 11 is 0. The van der Waals surface area contributed by atoms with Crippen molar-refractivity contribution < 1.29 is 23.9 Å². The van der Waals surface area contributed by atoms with Crippen molar-refractivity contribution in [3.8, 4) is 0 Å². The van der Waals surface area contributed by atoms with Crippen LogP contribution in [0.1, 0.15) is 66.5 Å². The monoisotopic (exact) mass is 548 g/mol. The van der Waals surface area contributed by atoms with Crippen LogP contribution in [0.3, 0.4) is 0 Å². The van der Waals surface area contributed by atoms with Gasteiger partial charge in [-0.05, 0) is 103 Å². The maximum Gasteiger partial charge on any atom is 0.342 e. The van der Waals surface area contributed by atoms with Gasteiger partial charge in [-0.2, -0.15) is 0 Å². The number of hydrogen-bond acceptors (Lipinski definition) is 7. The summed E-state index contributed by atoms with van der Waals surface area (Å²) < 4.78 is 10.8. The van der Waals surface area contributed by atoms with Crippen LogP contribution in [0, 0.1) is 0 Å². The Morgan fingerprint density at radius 3 is 1.15 bits per heavy atom. The lowest BCUT2D eigenvalue weighted by atomic mass is 9.98. The Balaban J connectivity index is 2.59. The minimum absolute atomic E-state index is 0.240. The van der Waals surface area contributed by atoms with Crippen LogP contribution in [0.15, 0.2) is 59.7 Å². The fourth-order valence-electron chi connectivity index (χ4n) is 4.21.